The van der Waals surface area contributed by atoms with Crippen LogP contribution in [0, 0.1) is 0 Å². The summed E-state index contributed by atoms with van der Waals surface area (Å²) in [6, 6.07) is 8.68. The molecule has 84 valence electrons. The first-order valence-electron chi connectivity index (χ1n) is 5.12. The lowest BCUT2D eigenvalue weighted by Crippen LogP contribution is -2.24. The lowest BCUT2D eigenvalue weighted by atomic mass is 10.2. The number of esters is 2. The Labute approximate surface area is 93.2 Å². The van der Waals surface area contributed by atoms with Crippen molar-refractivity contribution < 1.29 is 19.1 Å². The van der Waals surface area contributed by atoms with E-state index in [1.165, 1.54) is 0 Å². The lowest BCUT2D eigenvalue weighted by molar-refractivity contribution is -0.141. The highest BCUT2D eigenvalue weighted by atomic mass is 16.6. The number of carbonyl (C=O) groups is 2. The van der Waals surface area contributed by atoms with E-state index in [2.05, 4.69) is 0 Å². The maximum absolute atomic E-state index is 11.7. The van der Waals surface area contributed by atoms with E-state index in [9.17, 15) is 9.59 Å². The van der Waals surface area contributed by atoms with Crippen molar-refractivity contribution >= 4 is 11.9 Å². The zero-order chi connectivity index (χ0) is 11.5. The van der Waals surface area contributed by atoms with Crippen molar-refractivity contribution in [2.75, 3.05) is 0 Å². The SMILES string of the molecule is C[C@@H]1OC(=O)C[C@@H]1OC(=O)c1ccccc1. The first-order valence-corrected chi connectivity index (χ1v) is 5.12. The smallest absolute Gasteiger partial charge is 0.338 e. The molecule has 0 saturated carbocycles. The third-order valence-corrected chi connectivity index (χ3v) is 2.48. The largest absolute Gasteiger partial charge is 0.459 e. The topological polar surface area (TPSA) is 52.6 Å². The van der Waals surface area contributed by atoms with Gasteiger partial charge in [-0.25, -0.2) is 4.79 Å². The monoisotopic (exact) mass is 220 g/mol. The number of carbonyl (C=O) groups excluding carboxylic acids is 2. The Morgan fingerprint density at radius 2 is 2.06 bits per heavy atom. The molecule has 0 N–H and O–H groups in total. The molecule has 16 heavy (non-hydrogen) atoms. The molecule has 0 aliphatic carbocycles. The molecule has 2 rings (SSSR count). The van der Waals surface area contributed by atoms with Gasteiger partial charge in [-0.3, -0.25) is 4.79 Å². The van der Waals surface area contributed by atoms with Crippen LogP contribution in [0.2, 0.25) is 0 Å². The van der Waals surface area contributed by atoms with Crippen LogP contribution in [-0.4, -0.2) is 24.1 Å². The fraction of sp³-hybridized carbons (Fsp3) is 0.333. The number of hydrogen-bond donors (Lipinski definition) is 0. The van der Waals surface area contributed by atoms with Crippen LogP contribution in [0.15, 0.2) is 30.3 Å². The summed E-state index contributed by atoms with van der Waals surface area (Å²) in [6.45, 7) is 1.72. The van der Waals surface area contributed by atoms with Gasteiger partial charge in [0, 0.05) is 0 Å². The Hall–Kier alpha value is -1.84. The Bertz CT molecular complexity index is 399. The van der Waals surface area contributed by atoms with Gasteiger partial charge in [0.1, 0.15) is 12.2 Å². The van der Waals surface area contributed by atoms with Crippen LogP contribution in [0.3, 0.4) is 0 Å². The Balaban J connectivity index is 2.01. The third-order valence-electron chi connectivity index (χ3n) is 2.48. The van der Waals surface area contributed by atoms with Gasteiger partial charge >= 0.3 is 11.9 Å². The van der Waals surface area contributed by atoms with Crippen molar-refractivity contribution in [3.8, 4) is 0 Å². The van der Waals surface area contributed by atoms with Gasteiger partial charge in [0.15, 0.2) is 0 Å². The molecule has 1 aliphatic rings. The number of ether oxygens (including phenoxy) is 2. The van der Waals surface area contributed by atoms with E-state index in [4.69, 9.17) is 9.47 Å². The van der Waals surface area contributed by atoms with Crippen LogP contribution < -0.4 is 0 Å². The molecule has 0 amide bonds. The number of benzene rings is 1. The van der Waals surface area contributed by atoms with Gasteiger partial charge in [0.05, 0.1) is 12.0 Å². The molecule has 0 bridgehead atoms. The predicted molar refractivity (Wildman–Crippen MR) is 55.8 cm³/mol. The molecule has 1 aromatic rings. The van der Waals surface area contributed by atoms with Gasteiger partial charge in [0.2, 0.25) is 0 Å². The van der Waals surface area contributed by atoms with E-state index in [1.807, 2.05) is 6.07 Å². The van der Waals surface area contributed by atoms with Crippen molar-refractivity contribution in [2.45, 2.75) is 25.6 Å². The van der Waals surface area contributed by atoms with Crippen LogP contribution >= 0.6 is 0 Å². The maximum Gasteiger partial charge on any atom is 0.338 e. The summed E-state index contributed by atoms with van der Waals surface area (Å²) in [5.74, 6) is -0.742. The minimum absolute atomic E-state index is 0.139. The Kier molecular flexibility index (Phi) is 2.90. The van der Waals surface area contributed by atoms with E-state index in [0.717, 1.165) is 0 Å². The van der Waals surface area contributed by atoms with Crippen LogP contribution in [0.4, 0.5) is 0 Å². The first kappa shape index (κ1) is 10.7. The highest BCUT2D eigenvalue weighted by Gasteiger charge is 2.34. The predicted octanol–water partition coefficient (Wildman–Crippen LogP) is 1.55. The van der Waals surface area contributed by atoms with E-state index in [0.29, 0.717) is 5.56 Å². The van der Waals surface area contributed by atoms with E-state index in [-0.39, 0.29) is 18.5 Å². The lowest BCUT2D eigenvalue weighted by Gasteiger charge is -2.13. The molecule has 0 aromatic heterocycles. The first-order chi connectivity index (χ1) is 7.66. The molecule has 0 radical (unpaired) electrons. The van der Waals surface area contributed by atoms with Gasteiger partial charge in [-0.05, 0) is 19.1 Å². The molecule has 1 fully saturated rings. The second-order valence-electron chi connectivity index (χ2n) is 3.71. The normalized spacial score (nSPS) is 23.9. The van der Waals surface area contributed by atoms with Crippen LogP contribution in [-0.2, 0) is 14.3 Å². The molecular formula is C12H12O4. The van der Waals surface area contributed by atoms with Crippen molar-refractivity contribution in [2.24, 2.45) is 0 Å². The molecule has 1 aliphatic heterocycles. The van der Waals surface area contributed by atoms with E-state index >= 15 is 0 Å². The van der Waals surface area contributed by atoms with Crippen LogP contribution in [0.25, 0.3) is 0 Å². The molecule has 1 heterocycles. The molecule has 0 spiro atoms. The maximum atomic E-state index is 11.7. The third kappa shape index (κ3) is 2.21. The Morgan fingerprint density at radius 3 is 2.62 bits per heavy atom. The van der Waals surface area contributed by atoms with Gasteiger partial charge < -0.3 is 9.47 Å². The van der Waals surface area contributed by atoms with Gasteiger partial charge in [-0.15, -0.1) is 0 Å². The minimum Gasteiger partial charge on any atom is -0.459 e. The summed E-state index contributed by atoms with van der Waals surface area (Å²) in [4.78, 5) is 22.6. The zero-order valence-corrected chi connectivity index (χ0v) is 8.88. The number of cyclic esters (lactones) is 1. The summed E-state index contributed by atoms with van der Waals surface area (Å²) < 4.78 is 10.1. The average molecular weight is 220 g/mol. The zero-order valence-electron chi connectivity index (χ0n) is 8.88. The molecule has 1 aromatic carbocycles. The fourth-order valence-corrected chi connectivity index (χ4v) is 1.58. The molecule has 4 heteroatoms. The second kappa shape index (κ2) is 4.35. The number of rotatable bonds is 2. The highest BCUT2D eigenvalue weighted by molar-refractivity contribution is 5.89. The van der Waals surface area contributed by atoms with E-state index < -0.39 is 12.1 Å². The van der Waals surface area contributed by atoms with Gasteiger partial charge in [-0.2, -0.15) is 0 Å². The summed E-state index contributed by atoms with van der Waals surface area (Å²) in [5.41, 5.74) is 0.481. The molecule has 2 atom stereocenters. The molecule has 1 saturated heterocycles. The van der Waals surface area contributed by atoms with Crippen molar-refractivity contribution in [1.82, 2.24) is 0 Å². The van der Waals surface area contributed by atoms with Crippen molar-refractivity contribution in [3.05, 3.63) is 35.9 Å². The quantitative estimate of drug-likeness (QED) is 0.709. The number of hydrogen-bond acceptors (Lipinski definition) is 4. The summed E-state index contributed by atoms with van der Waals surface area (Å²) >= 11 is 0. The van der Waals surface area contributed by atoms with E-state index in [1.54, 1.807) is 31.2 Å². The van der Waals surface area contributed by atoms with Gasteiger partial charge in [0.25, 0.3) is 0 Å². The second-order valence-corrected chi connectivity index (χ2v) is 3.71. The van der Waals surface area contributed by atoms with Crippen LogP contribution in [0.1, 0.15) is 23.7 Å². The molecule has 0 unspecified atom stereocenters. The minimum atomic E-state index is -0.472. The molecular weight excluding hydrogens is 208 g/mol. The summed E-state index contributed by atoms with van der Waals surface area (Å²) in [6.07, 6.45) is -0.694. The van der Waals surface area contributed by atoms with Crippen LogP contribution in [0.5, 0.6) is 0 Å². The van der Waals surface area contributed by atoms with Crippen molar-refractivity contribution in [1.29, 1.82) is 0 Å². The van der Waals surface area contributed by atoms with Crippen molar-refractivity contribution in [3.63, 3.8) is 0 Å². The Morgan fingerprint density at radius 1 is 1.38 bits per heavy atom. The average Bonchev–Trinajstić information content (AvgIpc) is 2.59. The van der Waals surface area contributed by atoms with Gasteiger partial charge in [-0.1, -0.05) is 18.2 Å². The molecule has 4 nitrogen and oxygen atoms in total. The highest BCUT2D eigenvalue weighted by Crippen LogP contribution is 2.19. The summed E-state index contributed by atoms with van der Waals surface area (Å²) in [5, 5.41) is 0. The standard InChI is InChI=1S/C12H12O4/c1-8-10(7-11(13)15-8)16-12(14)9-5-3-2-4-6-9/h2-6,8,10H,7H2,1H3/t8-,10-/m0/s1. The fourth-order valence-electron chi connectivity index (χ4n) is 1.58. The summed E-state index contributed by atoms with van der Waals surface area (Å²) in [7, 11) is 0.